The number of carbonyl (C=O) groups is 3. The Balaban J connectivity index is 0.00000308. The molecule has 0 aromatic heterocycles. The molecule has 1 atom stereocenters. The molecule has 6 rings (SSSR count). The first-order valence-corrected chi connectivity index (χ1v) is 12.8. The number of halogens is 1. The Morgan fingerprint density at radius 1 is 0.769 bits per heavy atom. The van der Waals surface area contributed by atoms with Gasteiger partial charge in [0.05, 0.1) is 6.54 Å². The van der Waals surface area contributed by atoms with Crippen LogP contribution in [-0.4, -0.2) is 41.6 Å². The normalized spacial score (nSPS) is 16.5. The average Bonchev–Trinajstić information content (AvgIpc) is 3.23. The summed E-state index contributed by atoms with van der Waals surface area (Å²) in [6.45, 7) is 1.56. The van der Waals surface area contributed by atoms with Crippen LogP contribution in [0.2, 0.25) is 0 Å². The molecule has 4 aromatic carbocycles. The van der Waals surface area contributed by atoms with Gasteiger partial charge in [-0.25, -0.2) is 0 Å². The molecule has 0 unspecified atom stereocenters. The van der Waals surface area contributed by atoms with Gasteiger partial charge >= 0.3 is 0 Å². The highest BCUT2D eigenvalue weighted by molar-refractivity contribution is 6.10. The van der Waals surface area contributed by atoms with Crippen LogP contribution in [0.25, 0.3) is 11.1 Å². The zero-order valence-electron chi connectivity index (χ0n) is 21.2. The van der Waals surface area contributed by atoms with Crippen molar-refractivity contribution in [2.24, 2.45) is 0 Å². The van der Waals surface area contributed by atoms with Crippen molar-refractivity contribution in [3.05, 3.63) is 120 Å². The maximum absolute atomic E-state index is 13.7. The van der Waals surface area contributed by atoms with E-state index in [1.165, 1.54) is 0 Å². The number of nitrogens with one attached hydrogen (secondary N) is 1. The van der Waals surface area contributed by atoms with Crippen molar-refractivity contribution in [2.45, 2.75) is 19.0 Å². The molecule has 1 N–H and O–H groups in total. The van der Waals surface area contributed by atoms with Crippen LogP contribution in [0.1, 0.15) is 32.7 Å². The first-order chi connectivity index (χ1) is 18.6. The molecule has 2 aliphatic heterocycles. The molecule has 0 spiro atoms. The number of anilines is 2. The lowest BCUT2D eigenvalue weighted by Crippen LogP contribution is -2.40. The van der Waals surface area contributed by atoms with Crippen molar-refractivity contribution >= 4 is 41.4 Å². The van der Waals surface area contributed by atoms with Crippen LogP contribution in [0.3, 0.4) is 0 Å². The van der Waals surface area contributed by atoms with Crippen LogP contribution in [0, 0.1) is 0 Å². The zero-order valence-corrected chi connectivity index (χ0v) is 22.1. The number of para-hydroxylation sites is 1. The Hall–Kier alpha value is -4.26. The third-order valence-electron chi connectivity index (χ3n) is 7.30. The van der Waals surface area contributed by atoms with Gasteiger partial charge in [0, 0.05) is 48.1 Å². The van der Waals surface area contributed by atoms with E-state index in [0.717, 1.165) is 22.4 Å². The molecule has 0 radical (unpaired) electrons. The quantitative estimate of drug-likeness (QED) is 0.355. The summed E-state index contributed by atoms with van der Waals surface area (Å²) in [4.78, 5) is 42.9. The Morgan fingerprint density at radius 2 is 1.46 bits per heavy atom. The lowest BCUT2D eigenvalue weighted by Gasteiger charge is -2.26. The van der Waals surface area contributed by atoms with Crippen LogP contribution in [0.4, 0.5) is 11.4 Å². The molecule has 4 aromatic rings. The topological polar surface area (TPSA) is 69.7 Å². The highest BCUT2D eigenvalue weighted by Gasteiger charge is 2.37. The standard InChI is InChI=1S/C32H27N3O3.ClH/c36-27-18-26-20-35(30-13-7-4-10-24(30)19-34(26)21-27)32(38)23-14-16-25(17-15-23)33-31(37)29-12-6-5-11-28(29)22-8-2-1-3-9-22;/h1-17,26H,18-21H2,(H,33,37);1H/t26-;/m1./s1. The fourth-order valence-electron chi connectivity index (χ4n) is 5.41. The van der Waals surface area contributed by atoms with E-state index in [1.54, 1.807) is 29.2 Å². The number of nitrogens with zero attached hydrogens (tertiary/aromatic N) is 2. The minimum absolute atomic E-state index is 0. The number of benzene rings is 4. The van der Waals surface area contributed by atoms with E-state index >= 15 is 0 Å². The Kier molecular flexibility index (Phi) is 7.59. The van der Waals surface area contributed by atoms with Crippen LogP contribution in [0.5, 0.6) is 0 Å². The second-order valence-electron chi connectivity index (χ2n) is 9.79. The number of hydrogen-bond donors (Lipinski definition) is 1. The number of Topliss-reactive ketones (excluding diaryl/α,β-unsaturated/α-hetero) is 1. The van der Waals surface area contributed by atoms with Crippen molar-refractivity contribution in [3.8, 4) is 11.1 Å². The third-order valence-corrected chi connectivity index (χ3v) is 7.30. The van der Waals surface area contributed by atoms with E-state index in [4.69, 9.17) is 0 Å². The number of amides is 2. The van der Waals surface area contributed by atoms with Crippen molar-refractivity contribution in [3.63, 3.8) is 0 Å². The Labute approximate surface area is 233 Å². The number of carbonyl (C=O) groups excluding carboxylic acids is 3. The van der Waals surface area contributed by atoms with Gasteiger partial charge in [-0.15, -0.1) is 12.4 Å². The number of rotatable bonds is 4. The molecule has 2 amide bonds. The first kappa shape index (κ1) is 26.4. The predicted molar refractivity (Wildman–Crippen MR) is 155 cm³/mol. The minimum atomic E-state index is -0.212. The van der Waals surface area contributed by atoms with E-state index in [0.29, 0.717) is 42.9 Å². The van der Waals surface area contributed by atoms with Crippen molar-refractivity contribution in [1.29, 1.82) is 0 Å². The van der Waals surface area contributed by atoms with Crippen LogP contribution < -0.4 is 10.2 Å². The fraction of sp³-hybridized carbons (Fsp3) is 0.156. The smallest absolute Gasteiger partial charge is 0.258 e. The summed E-state index contributed by atoms with van der Waals surface area (Å²) in [5.74, 6) is -0.113. The maximum atomic E-state index is 13.7. The molecule has 6 nitrogen and oxygen atoms in total. The molecule has 1 fully saturated rings. The number of hydrogen-bond acceptors (Lipinski definition) is 4. The summed E-state index contributed by atoms with van der Waals surface area (Å²) in [5.41, 5.74) is 5.47. The highest BCUT2D eigenvalue weighted by Crippen LogP contribution is 2.32. The maximum Gasteiger partial charge on any atom is 0.258 e. The van der Waals surface area contributed by atoms with E-state index < -0.39 is 0 Å². The summed E-state index contributed by atoms with van der Waals surface area (Å²) < 4.78 is 0. The zero-order chi connectivity index (χ0) is 26.1. The van der Waals surface area contributed by atoms with Crippen molar-refractivity contribution in [2.75, 3.05) is 23.3 Å². The Bertz CT molecular complexity index is 1520. The van der Waals surface area contributed by atoms with Gasteiger partial charge in [0.15, 0.2) is 0 Å². The predicted octanol–water partition coefficient (Wildman–Crippen LogP) is 5.83. The summed E-state index contributed by atoms with van der Waals surface area (Å²) >= 11 is 0. The molecule has 1 saturated heterocycles. The molecule has 0 bridgehead atoms. The van der Waals surface area contributed by atoms with Gasteiger partial charge in [0.1, 0.15) is 5.78 Å². The first-order valence-electron chi connectivity index (χ1n) is 12.8. The largest absolute Gasteiger partial charge is 0.322 e. The van der Waals surface area contributed by atoms with Gasteiger partial charge in [-0.1, -0.05) is 66.7 Å². The SMILES string of the molecule is Cl.O=C1C[C@@H]2CN(C(=O)c3ccc(NC(=O)c4ccccc4-c4ccccc4)cc3)c3ccccc3CN2C1. The Morgan fingerprint density at radius 3 is 2.26 bits per heavy atom. The number of ketones is 1. The van der Waals surface area contributed by atoms with Crippen LogP contribution >= 0.6 is 12.4 Å². The van der Waals surface area contributed by atoms with Gasteiger partial charge in [-0.3, -0.25) is 19.3 Å². The monoisotopic (exact) mass is 537 g/mol. The molecule has 2 aliphatic rings. The van der Waals surface area contributed by atoms with E-state index in [9.17, 15) is 14.4 Å². The second-order valence-corrected chi connectivity index (χ2v) is 9.79. The van der Waals surface area contributed by atoms with E-state index in [1.807, 2.05) is 78.9 Å². The summed E-state index contributed by atoms with van der Waals surface area (Å²) in [6, 6.07) is 32.2. The lowest BCUT2D eigenvalue weighted by atomic mass is 9.99. The molecule has 2 heterocycles. The molecular weight excluding hydrogens is 510 g/mol. The van der Waals surface area contributed by atoms with Gasteiger partial charge in [-0.2, -0.15) is 0 Å². The minimum Gasteiger partial charge on any atom is -0.322 e. The molecule has 7 heteroatoms. The summed E-state index contributed by atoms with van der Waals surface area (Å²) in [5, 5.41) is 2.97. The molecule has 0 saturated carbocycles. The van der Waals surface area contributed by atoms with E-state index in [-0.39, 0.29) is 36.0 Å². The van der Waals surface area contributed by atoms with Gasteiger partial charge in [0.2, 0.25) is 0 Å². The van der Waals surface area contributed by atoms with Crippen molar-refractivity contribution in [1.82, 2.24) is 4.90 Å². The summed E-state index contributed by atoms with van der Waals surface area (Å²) in [6.07, 6.45) is 0.465. The van der Waals surface area contributed by atoms with Gasteiger partial charge in [0.25, 0.3) is 11.8 Å². The van der Waals surface area contributed by atoms with Crippen LogP contribution in [-0.2, 0) is 11.3 Å². The van der Waals surface area contributed by atoms with Crippen molar-refractivity contribution < 1.29 is 14.4 Å². The lowest BCUT2D eigenvalue weighted by molar-refractivity contribution is -0.117. The summed E-state index contributed by atoms with van der Waals surface area (Å²) in [7, 11) is 0. The average molecular weight is 538 g/mol. The van der Waals surface area contributed by atoms with Gasteiger partial charge < -0.3 is 10.2 Å². The molecular formula is C32H28ClN3O3. The second kappa shape index (κ2) is 11.2. The molecule has 196 valence electrons. The molecule has 39 heavy (non-hydrogen) atoms. The third kappa shape index (κ3) is 5.35. The highest BCUT2D eigenvalue weighted by atomic mass is 35.5. The fourth-order valence-corrected chi connectivity index (χ4v) is 5.41. The van der Waals surface area contributed by atoms with Crippen LogP contribution in [0.15, 0.2) is 103 Å². The van der Waals surface area contributed by atoms with E-state index in [2.05, 4.69) is 10.2 Å². The van der Waals surface area contributed by atoms with Gasteiger partial charge in [-0.05, 0) is 53.1 Å². The molecule has 0 aliphatic carbocycles. The number of fused-ring (bicyclic) bond motifs is 2.